The molecule has 2 nitrogen and oxygen atoms in total. The highest BCUT2D eigenvalue weighted by molar-refractivity contribution is 6.53. The largest absolute Gasteiger partial charge is 0.321 e. The molecule has 0 atom stereocenters. The van der Waals surface area contributed by atoms with E-state index in [1.54, 1.807) is 6.07 Å². The van der Waals surface area contributed by atoms with E-state index in [4.69, 9.17) is 46.4 Å². The summed E-state index contributed by atoms with van der Waals surface area (Å²) in [7, 11) is 0. The summed E-state index contributed by atoms with van der Waals surface area (Å²) in [4.78, 5) is 11.7. The molecule has 2 aromatic carbocycles. The van der Waals surface area contributed by atoms with Gasteiger partial charge in [-0.05, 0) is 12.1 Å². The molecule has 0 fully saturated rings. The molecular weight excluding hydrogens is 304 g/mol. The molecule has 86 valence electrons. The number of halogens is 4. The summed E-state index contributed by atoms with van der Waals surface area (Å²) in [5, 5.41) is 5.08. The normalized spacial score (nSPS) is 13.3. The van der Waals surface area contributed by atoms with Crippen molar-refractivity contribution in [2.75, 3.05) is 5.32 Å². The molecule has 1 N–H and O–H groups in total. The number of rotatable bonds is 0. The van der Waals surface area contributed by atoms with E-state index >= 15 is 0 Å². The Morgan fingerprint density at radius 3 is 2.12 bits per heavy atom. The first-order chi connectivity index (χ1) is 8.00. The second-order valence-corrected chi connectivity index (χ2v) is 5.21. The highest BCUT2D eigenvalue weighted by Gasteiger charge is 2.27. The van der Waals surface area contributed by atoms with E-state index in [2.05, 4.69) is 5.32 Å². The molecule has 0 unspecified atom stereocenters. The predicted octanol–water partition coefficient (Wildman–Crippen LogP) is 5.02. The molecule has 0 aliphatic carbocycles. The number of amides is 1. The molecule has 1 aliphatic rings. The van der Waals surface area contributed by atoms with E-state index < -0.39 is 0 Å². The maximum Gasteiger partial charge on any atom is 0.256 e. The molecule has 0 radical (unpaired) electrons. The molecule has 1 aliphatic heterocycles. The van der Waals surface area contributed by atoms with Crippen LogP contribution >= 0.6 is 46.4 Å². The average Bonchev–Trinajstić information content (AvgIpc) is 2.56. The monoisotopic (exact) mass is 305 g/mol. The first-order valence-corrected chi connectivity index (χ1v) is 6.13. The molecule has 0 saturated carbocycles. The van der Waals surface area contributed by atoms with Crippen molar-refractivity contribution in [1.82, 2.24) is 0 Å². The van der Waals surface area contributed by atoms with Crippen molar-refractivity contribution < 1.29 is 4.79 Å². The number of anilines is 1. The van der Waals surface area contributed by atoms with E-state index in [0.29, 0.717) is 37.1 Å². The van der Waals surface area contributed by atoms with Crippen molar-refractivity contribution >= 4 is 68.8 Å². The van der Waals surface area contributed by atoms with Crippen LogP contribution in [0.5, 0.6) is 0 Å². The molecule has 0 aromatic heterocycles. The van der Waals surface area contributed by atoms with Gasteiger partial charge in [-0.25, -0.2) is 0 Å². The average molecular weight is 307 g/mol. The van der Waals surface area contributed by atoms with Crippen molar-refractivity contribution in [3.63, 3.8) is 0 Å². The smallest absolute Gasteiger partial charge is 0.256 e. The Morgan fingerprint density at radius 1 is 0.882 bits per heavy atom. The fourth-order valence-corrected chi connectivity index (χ4v) is 2.90. The topological polar surface area (TPSA) is 29.1 Å². The van der Waals surface area contributed by atoms with Gasteiger partial charge in [0, 0.05) is 10.8 Å². The van der Waals surface area contributed by atoms with Crippen LogP contribution in [-0.4, -0.2) is 5.91 Å². The minimum Gasteiger partial charge on any atom is -0.321 e. The number of carbonyl (C=O) groups excluding carboxylic acids is 1. The molecule has 2 aromatic rings. The van der Waals surface area contributed by atoms with Crippen LogP contribution in [-0.2, 0) is 0 Å². The summed E-state index contributed by atoms with van der Waals surface area (Å²) in [5.41, 5.74) is 1.07. The van der Waals surface area contributed by atoms with E-state index in [-0.39, 0.29) is 10.9 Å². The van der Waals surface area contributed by atoms with E-state index in [0.717, 1.165) is 0 Å². The molecule has 1 heterocycles. The van der Waals surface area contributed by atoms with Crippen LogP contribution in [0, 0.1) is 0 Å². The quantitative estimate of drug-likeness (QED) is 0.727. The summed E-state index contributed by atoms with van der Waals surface area (Å²) in [6.45, 7) is 0. The third-order valence-corrected chi connectivity index (χ3v) is 4.26. The lowest BCUT2D eigenvalue weighted by Gasteiger charge is -2.08. The second-order valence-electron chi connectivity index (χ2n) is 3.64. The molecule has 6 heteroatoms. The molecule has 3 rings (SSSR count). The van der Waals surface area contributed by atoms with E-state index in [1.807, 2.05) is 0 Å². The first-order valence-electron chi connectivity index (χ1n) is 4.61. The van der Waals surface area contributed by atoms with Gasteiger partial charge in [0.15, 0.2) is 0 Å². The Balaban J connectivity index is 2.64. The van der Waals surface area contributed by atoms with Gasteiger partial charge in [-0.3, -0.25) is 4.79 Å². The Kier molecular flexibility index (Phi) is 2.46. The number of hydrogen-bond acceptors (Lipinski definition) is 1. The first kappa shape index (κ1) is 11.4. The van der Waals surface area contributed by atoms with Gasteiger partial charge in [0.1, 0.15) is 0 Å². The minimum absolute atomic E-state index is 0.234. The van der Waals surface area contributed by atoms with Crippen LogP contribution in [0.25, 0.3) is 10.8 Å². The zero-order chi connectivity index (χ0) is 12.3. The van der Waals surface area contributed by atoms with Gasteiger partial charge in [0.05, 0.1) is 31.3 Å². The molecule has 0 spiro atoms. The number of benzene rings is 2. The molecular formula is C11H3Cl4NO. The summed E-state index contributed by atoms with van der Waals surface area (Å²) in [6.07, 6.45) is 0. The van der Waals surface area contributed by atoms with E-state index in [9.17, 15) is 4.79 Å². The zero-order valence-electron chi connectivity index (χ0n) is 8.07. The van der Waals surface area contributed by atoms with Crippen LogP contribution in [0.4, 0.5) is 5.69 Å². The third kappa shape index (κ3) is 1.45. The Hall–Kier alpha value is -0.670. The number of nitrogens with one attached hydrogen (secondary N) is 1. The summed E-state index contributed by atoms with van der Waals surface area (Å²) < 4.78 is 0. The highest BCUT2D eigenvalue weighted by atomic mass is 35.5. The SMILES string of the molecule is O=C1Nc2cc(Cl)c(Cl)c3c(Cl)c(Cl)cc1c23. The van der Waals surface area contributed by atoms with E-state index in [1.165, 1.54) is 6.07 Å². The fraction of sp³-hybridized carbons (Fsp3) is 0. The van der Waals surface area contributed by atoms with Gasteiger partial charge in [-0.15, -0.1) is 0 Å². The van der Waals surface area contributed by atoms with Crippen molar-refractivity contribution in [3.05, 3.63) is 37.8 Å². The Bertz CT molecular complexity index is 688. The van der Waals surface area contributed by atoms with Gasteiger partial charge in [-0.1, -0.05) is 46.4 Å². The van der Waals surface area contributed by atoms with Gasteiger partial charge in [0.2, 0.25) is 0 Å². The van der Waals surface area contributed by atoms with Crippen molar-refractivity contribution in [1.29, 1.82) is 0 Å². The van der Waals surface area contributed by atoms with Gasteiger partial charge in [-0.2, -0.15) is 0 Å². The second kappa shape index (κ2) is 3.66. The van der Waals surface area contributed by atoms with Crippen LogP contribution in [0.1, 0.15) is 10.4 Å². The zero-order valence-corrected chi connectivity index (χ0v) is 11.1. The van der Waals surface area contributed by atoms with Crippen molar-refractivity contribution in [3.8, 4) is 0 Å². The summed E-state index contributed by atoms with van der Waals surface area (Å²) in [5.74, 6) is -0.234. The van der Waals surface area contributed by atoms with Crippen molar-refractivity contribution in [2.45, 2.75) is 0 Å². The van der Waals surface area contributed by atoms with Gasteiger partial charge in [0.25, 0.3) is 5.91 Å². The predicted molar refractivity (Wildman–Crippen MR) is 71.9 cm³/mol. The van der Waals surface area contributed by atoms with Crippen LogP contribution in [0.2, 0.25) is 20.1 Å². The highest BCUT2D eigenvalue weighted by Crippen LogP contribution is 2.46. The number of carbonyl (C=O) groups is 1. The number of hydrogen-bond donors (Lipinski definition) is 1. The lowest BCUT2D eigenvalue weighted by Crippen LogP contribution is -2.03. The summed E-state index contributed by atoms with van der Waals surface area (Å²) >= 11 is 24.2. The van der Waals surface area contributed by atoms with Crippen LogP contribution < -0.4 is 5.32 Å². The molecule has 0 bridgehead atoms. The lowest BCUT2D eigenvalue weighted by molar-refractivity contribution is 0.103. The fourth-order valence-electron chi connectivity index (χ4n) is 1.96. The molecule has 1 amide bonds. The van der Waals surface area contributed by atoms with Crippen molar-refractivity contribution in [2.24, 2.45) is 0 Å². The third-order valence-electron chi connectivity index (χ3n) is 2.68. The van der Waals surface area contributed by atoms with Gasteiger partial charge >= 0.3 is 0 Å². The van der Waals surface area contributed by atoms with Crippen LogP contribution in [0.3, 0.4) is 0 Å². The maximum absolute atomic E-state index is 11.7. The maximum atomic E-state index is 11.7. The molecule has 0 saturated heterocycles. The Labute approximate surface area is 116 Å². The Morgan fingerprint density at radius 2 is 1.47 bits per heavy atom. The van der Waals surface area contributed by atoms with Crippen LogP contribution in [0.15, 0.2) is 12.1 Å². The summed E-state index contributed by atoms with van der Waals surface area (Å²) in [6, 6.07) is 3.13. The standard InChI is InChI=1S/C11H3Cl4NO/c12-4-1-3-7-6(16-11(3)17)2-5(13)10(15)8(7)9(4)14/h1-2H,(H,16,17). The van der Waals surface area contributed by atoms with Gasteiger partial charge < -0.3 is 5.32 Å². The lowest BCUT2D eigenvalue weighted by atomic mass is 10.1. The minimum atomic E-state index is -0.234. The molecule has 17 heavy (non-hydrogen) atoms.